The van der Waals surface area contributed by atoms with Crippen LogP contribution in [0.2, 0.25) is 0 Å². The Hall–Kier alpha value is -3.50. The summed E-state index contributed by atoms with van der Waals surface area (Å²) in [4.78, 5) is 32.8. The first kappa shape index (κ1) is 23.7. The van der Waals surface area contributed by atoms with Crippen LogP contribution in [-0.4, -0.2) is 32.1 Å². The Morgan fingerprint density at radius 1 is 1.41 bits per heavy atom. The second-order valence-corrected chi connectivity index (χ2v) is 9.50. The van der Waals surface area contributed by atoms with Gasteiger partial charge >= 0.3 is 0 Å². The number of hydrogen-bond acceptors (Lipinski definition) is 6. The number of carbonyl (C=O) groups excluding carboxylic acids is 1. The molecule has 0 bridgehead atoms. The van der Waals surface area contributed by atoms with Crippen molar-refractivity contribution in [1.29, 1.82) is 0 Å². The number of pyridine rings is 2. The number of H-pyrrole nitrogens is 1. The molecule has 178 valence electrons. The molecule has 4 aromatic rings. The molecule has 0 spiro atoms. The lowest BCUT2D eigenvalue weighted by Crippen LogP contribution is -2.23. The monoisotopic (exact) mass is 484 g/mol. The first-order valence-electron chi connectivity index (χ1n) is 10.7. The van der Waals surface area contributed by atoms with Gasteiger partial charge in [0.1, 0.15) is 11.2 Å². The standard InChI is InChI=1S/C24H25FN4O4S/c1-6-26-21(30)15-10-13-14(11-29(5)23(31)17(13)28-15)19-18(16(25)20(34-19)24(3,4)32)33-22-12(2)8-7-9-27-22/h7-11,28,32H,6H2,1-5H3,(H,26,30). The van der Waals surface area contributed by atoms with Crippen molar-refractivity contribution in [3.05, 3.63) is 62.9 Å². The molecule has 3 N–H and O–H groups in total. The molecule has 0 aliphatic rings. The highest BCUT2D eigenvalue weighted by molar-refractivity contribution is 7.16. The van der Waals surface area contributed by atoms with Crippen molar-refractivity contribution < 1.29 is 19.0 Å². The number of nitrogens with zero attached hydrogens (tertiary/aromatic N) is 2. The van der Waals surface area contributed by atoms with Crippen LogP contribution < -0.4 is 15.6 Å². The fraction of sp³-hybridized carbons (Fsp3) is 0.292. The van der Waals surface area contributed by atoms with Crippen molar-refractivity contribution in [2.45, 2.75) is 33.3 Å². The van der Waals surface area contributed by atoms with Gasteiger partial charge in [-0.05, 0) is 39.8 Å². The summed E-state index contributed by atoms with van der Waals surface area (Å²) in [6, 6.07) is 5.10. The SMILES string of the molecule is CCNC(=O)c1cc2c(-c3sc(C(C)(C)O)c(F)c3Oc3ncccc3C)cn(C)c(=O)c2[nH]1. The number of ether oxygens (including phenoxy) is 1. The molecule has 34 heavy (non-hydrogen) atoms. The summed E-state index contributed by atoms with van der Waals surface area (Å²) in [7, 11) is 1.57. The Bertz CT molecular complexity index is 1460. The minimum absolute atomic E-state index is 0.0765. The van der Waals surface area contributed by atoms with Gasteiger partial charge in [0.15, 0.2) is 11.6 Å². The van der Waals surface area contributed by atoms with E-state index in [1.807, 2.05) is 0 Å². The van der Waals surface area contributed by atoms with Crippen LogP contribution in [-0.2, 0) is 12.6 Å². The number of aromatic amines is 1. The molecule has 0 saturated heterocycles. The van der Waals surface area contributed by atoms with Crippen molar-refractivity contribution in [2.75, 3.05) is 6.54 Å². The number of hydrogen-bond donors (Lipinski definition) is 3. The minimum Gasteiger partial charge on any atom is -0.434 e. The lowest BCUT2D eigenvalue weighted by molar-refractivity contribution is 0.0785. The number of aryl methyl sites for hydroxylation is 2. The predicted octanol–water partition coefficient (Wildman–Crippen LogP) is 4.21. The summed E-state index contributed by atoms with van der Waals surface area (Å²) in [5.41, 5.74) is -0.212. The minimum atomic E-state index is -1.48. The summed E-state index contributed by atoms with van der Waals surface area (Å²) in [6.07, 6.45) is 3.11. The average Bonchev–Trinajstić information content (AvgIpc) is 3.35. The summed E-state index contributed by atoms with van der Waals surface area (Å²) >= 11 is 1.02. The van der Waals surface area contributed by atoms with Crippen LogP contribution in [0.3, 0.4) is 0 Å². The zero-order valence-electron chi connectivity index (χ0n) is 19.4. The van der Waals surface area contributed by atoms with Crippen LogP contribution in [0.1, 0.15) is 41.7 Å². The Morgan fingerprint density at radius 3 is 2.79 bits per heavy atom. The first-order chi connectivity index (χ1) is 16.0. The molecular weight excluding hydrogens is 459 g/mol. The maximum atomic E-state index is 15.7. The molecule has 4 rings (SSSR count). The first-order valence-corrected chi connectivity index (χ1v) is 11.5. The highest BCUT2D eigenvalue weighted by atomic mass is 32.1. The van der Waals surface area contributed by atoms with Gasteiger partial charge in [0, 0.05) is 42.5 Å². The molecule has 4 heterocycles. The van der Waals surface area contributed by atoms with Gasteiger partial charge in [0.05, 0.1) is 15.4 Å². The van der Waals surface area contributed by atoms with Crippen molar-refractivity contribution in [3.63, 3.8) is 0 Å². The predicted molar refractivity (Wildman–Crippen MR) is 129 cm³/mol. The van der Waals surface area contributed by atoms with E-state index in [0.29, 0.717) is 27.9 Å². The van der Waals surface area contributed by atoms with Crippen LogP contribution in [0, 0.1) is 12.7 Å². The van der Waals surface area contributed by atoms with Crippen molar-refractivity contribution in [1.82, 2.24) is 19.9 Å². The van der Waals surface area contributed by atoms with Crippen molar-refractivity contribution >= 4 is 28.1 Å². The molecule has 10 heteroatoms. The number of thiophene rings is 1. The highest BCUT2D eigenvalue weighted by Crippen LogP contribution is 2.48. The van der Waals surface area contributed by atoms with Crippen molar-refractivity contribution in [2.24, 2.45) is 7.05 Å². The molecule has 4 aromatic heterocycles. The van der Waals surface area contributed by atoms with E-state index in [1.165, 1.54) is 18.4 Å². The topological polar surface area (TPSA) is 109 Å². The second-order valence-electron chi connectivity index (χ2n) is 8.48. The zero-order valence-corrected chi connectivity index (χ0v) is 20.3. The second kappa shape index (κ2) is 8.69. The van der Waals surface area contributed by atoms with Crippen LogP contribution >= 0.6 is 11.3 Å². The number of halogens is 1. The molecule has 0 aliphatic carbocycles. The highest BCUT2D eigenvalue weighted by Gasteiger charge is 2.32. The van der Waals surface area contributed by atoms with Crippen LogP contribution in [0.15, 0.2) is 35.4 Å². The Kier molecular flexibility index (Phi) is 6.05. The van der Waals surface area contributed by atoms with E-state index in [0.717, 1.165) is 11.3 Å². The Labute approximate surface area is 199 Å². The number of carbonyl (C=O) groups is 1. The van der Waals surface area contributed by atoms with E-state index >= 15 is 4.39 Å². The summed E-state index contributed by atoms with van der Waals surface area (Å²) in [5.74, 6) is -0.952. The fourth-order valence-corrected chi connectivity index (χ4v) is 4.76. The third-order valence-electron chi connectivity index (χ3n) is 5.32. The van der Waals surface area contributed by atoms with Crippen LogP contribution in [0.25, 0.3) is 21.3 Å². The van der Waals surface area contributed by atoms with Gasteiger partial charge in [-0.15, -0.1) is 11.3 Å². The number of amides is 1. The number of nitrogens with one attached hydrogen (secondary N) is 2. The molecule has 0 radical (unpaired) electrons. The van der Waals surface area contributed by atoms with Gasteiger partial charge < -0.3 is 24.7 Å². The molecule has 0 saturated carbocycles. The number of rotatable bonds is 6. The lowest BCUT2D eigenvalue weighted by atomic mass is 10.1. The molecule has 0 atom stereocenters. The maximum Gasteiger partial charge on any atom is 0.274 e. The van der Waals surface area contributed by atoms with Gasteiger partial charge in [-0.3, -0.25) is 9.59 Å². The number of fused-ring (bicyclic) bond motifs is 1. The summed E-state index contributed by atoms with van der Waals surface area (Å²) < 4.78 is 23.0. The molecule has 0 fully saturated rings. The van der Waals surface area contributed by atoms with Gasteiger partial charge in [-0.1, -0.05) is 6.07 Å². The molecular formula is C24H25FN4O4S. The van der Waals surface area contributed by atoms with Crippen LogP contribution in [0.5, 0.6) is 11.6 Å². The quantitative estimate of drug-likeness (QED) is 0.380. The zero-order chi connectivity index (χ0) is 24.8. The smallest absolute Gasteiger partial charge is 0.274 e. The van der Waals surface area contributed by atoms with Gasteiger partial charge in [0.2, 0.25) is 5.88 Å². The van der Waals surface area contributed by atoms with Crippen LogP contribution in [0.4, 0.5) is 4.39 Å². The third-order valence-corrected chi connectivity index (χ3v) is 6.81. The number of aliphatic hydroxyl groups is 1. The van der Waals surface area contributed by atoms with Crippen molar-refractivity contribution in [3.8, 4) is 22.1 Å². The van der Waals surface area contributed by atoms with E-state index < -0.39 is 11.4 Å². The van der Waals surface area contributed by atoms with E-state index in [1.54, 1.807) is 51.5 Å². The third kappa shape index (κ3) is 4.10. The molecule has 1 amide bonds. The fourth-order valence-electron chi connectivity index (χ4n) is 3.63. The Morgan fingerprint density at radius 2 is 2.15 bits per heavy atom. The summed E-state index contributed by atoms with van der Waals surface area (Å²) in [5, 5.41) is 13.7. The molecule has 0 aliphatic heterocycles. The number of aromatic nitrogens is 3. The van der Waals surface area contributed by atoms with Gasteiger partial charge in [0.25, 0.3) is 11.5 Å². The van der Waals surface area contributed by atoms with Gasteiger partial charge in [-0.25, -0.2) is 9.37 Å². The molecule has 0 unspecified atom stereocenters. The van der Waals surface area contributed by atoms with E-state index in [2.05, 4.69) is 15.3 Å². The van der Waals surface area contributed by atoms with E-state index in [-0.39, 0.29) is 39.2 Å². The average molecular weight is 485 g/mol. The largest absolute Gasteiger partial charge is 0.434 e. The normalized spacial score (nSPS) is 11.7. The summed E-state index contributed by atoms with van der Waals surface area (Å²) in [6.45, 7) is 6.98. The Balaban J connectivity index is 2.01. The van der Waals surface area contributed by atoms with E-state index in [4.69, 9.17) is 4.74 Å². The van der Waals surface area contributed by atoms with Gasteiger partial charge in [-0.2, -0.15) is 0 Å². The van der Waals surface area contributed by atoms with E-state index in [9.17, 15) is 14.7 Å². The lowest BCUT2D eigenvalue weighted by Gasteiger charge is -2.14. The molecule has 0 aromatic carbocycles. The molecule has 8 nitrogen and oxygen atoms in total. The maximum absolute atomic E-state index is 15.7.